The maximum Gasteiger partial charge on any atom is 0.266 e. The molecule has 0 saturated heterocycles. The smallest absolute Gasteiger partial charge is 0.266 e. The number of hydrogen-bond donors (Lipinski definition) is 0. The molecule has 4 aromatic rings. The second-order valence-corrected chi connectivity index (χ2v) is 10.8. The standard InChI is InChI=1S/C29H32FN3O5S/c1-4-27(32(19-8-20-37-3)39(35,36)24-17-11-21(30)12-18-24)28-31-26-10-7-6-9-25(26)29(34)33(28)22-13-15-23(16-14-22)38-5-2/h6-7,9-18,27H,4-5,8,19-20H2,1-3H3. The number of nitrogens with zero attached hydrogens (tertiary/aromatic N) is 3. The number of aromatic nitrogens is 2. The molecule has 1 unspecified atom stereocenters. The van der Waals surface area contributed by atoms with Gasteiger partial charge in [0.25, 0.3) is 5.56 Å². The summed E-state index contributed by atoms with van der Waals surface area (Å²) in [5, 5.41) is 0.414. The van der Waals surface area contributed by atoms with E-state index in [0.29, 0.717) is 48.4 Å². The molecule has 4 rings (SSSR count). The highest BCUT2D eigenvalue weighted by molar-refractivity contribution is 7.89. The highest BCUT2D eigenvalue weighted by atomic mass is 32.2. The summed E-state index contributed by atoms with van der Waals surface area (Å²) in [7, 11) is -2.55. The summed E-state index contributed by atoms with van der Waals surface area (Å²) in [4.78, 5) is 18.7. The van der Waals surface area contributed by atoms with Crippen LogP contribution in [0.3, 0.4) is 0 Å². The van der Waals surface area contributed by atoms with Crippen LogP contribution in [0.15, 0.2) is 82.5 Å². The number of hydrogen-bond acceptors (Lipinski definition) is 6. The third-order valence-electron chi connectivity index (χ3n) is 6.39. The number of rotatable bonds is 12. The Morgan fingerprint density at radius 2 is 1.69 bits per heavy atom. The van der Waals surface area contributed by atoms with Crippen LogP contribution in [-0.2, 0) is 14.8 Å². The molecule has 206 valence electrons. The van der Waals surface area contributed by atoms with Gasteiger partial charge in [0.1, 0.15) is 17.4 Å². The molecule has 0 spiro atoms. The molecule has 10 heteroatoms. The fraction of sp³-hybridized carbons (Fsp3) is 0.310. The Kier molecular flexibility index (Phi) is 9.11. The number of ether oxygens (including phenoxy) is 2. The quantitative estimate of drug-likeness (QED) is 0.227. The van der Waals surface area contributed by atoms with E-state index in [2.05, 4.69) is 0 Å². The van der Waals surface area contributed by atoms with Crippen LogP contribution in [0.25, 0.3) is 16.6 Å². The molecule has 0 saturated carbocycles. The molecule has 0 bridgehead atoms. The van der Waals surface area contributed by atoms with E-state index in [-0.39, 0.29) is 22.8 Å². The molecule has 0 aliphatic carbocycles. The third-order valence-corrected chi connectivity index (χ3v) is 8.31. The Balaban J connectivity index is 1.94. The monoisotopic (exact) mass is 553 g/mol. The lowest BCUT2D eigenvalue weighted by Crippen LogP contribution is -2.39. The molecule has 0 radical (unpaired) electrons. The molecule has 1 aromatic heterocycles. The number of para-hydroxylation sites is 1. The first-order valence-electron chi connectivity index (χ1n) is 12.8. The maximum atomic E-state index is 14.0. The number of methoxy groups -OCH3 is 1. The highest BCUT2D eigenvalue weighted by Crippen LogP contribution is 2.31. The Morgan fingerprint density at radius 3 is 2.33 bits per heavy atom. The van der Waals surface area contributed by atoms with Crippen molar-refractivity contribution in [2.24, 2.45) is 0 Å². The van der Waals surface area contributed by atoms with Crippen LogP contribution < -0.4 is 10.3 Å². The van der Waals surface area contributed by atoms with E-state index >= 15 is 0 Å². The van der Waals surface area contributed by atoms with Crippen LogP contribution in [0.5, 0.6) is 5.75 Å². The van der Waals surface area contributed by atoms with Crippen LogP contribution in [0.4, 0.5) is 4.39 Å². The van der Waals surface area contributed by atoms with Crippen LogP contribution >= 0.6 is 0 Å². The first-order valence-corrected chi connectivity index (χ1v) is 14.3. The van der Waals surface area contributed by atoms with Gasteiger partial charge in [-0.05, 0) is 80.4 Å². The van der Waals surface area contributed by atoms with Crippen molar-refractivity contribution in [3.05, 3.63) is 94.8 Å². The molecule has 1 heterocycles. The first-order chi connectivity index (χ1) is 18.8. The Morgan fingerprint density at radius 1 is 1.00 bits per heavy atom. The zero-order valence-corrected chi connectivity index (χ0v) is 23.0. The van der Waals surface area contributed by atoms with E-state index < -0.39 is 21.9 Å². The van der Waals surface area contributed by atoms with Gasteiger partial charge in [0.05, 0.1) is 34.1 Å². The van der Waals surface area contributed by atoms with Gasteiger partial charge in [-0.3, -0.25) is 9.36 Å². The van der Waals surface area contributed by atoms with Crippen molar-refractivity contribution in [1.82, 2.24) is 13.9 Å². The van der Waals surface area contributed by atoms with E-state index in [0.717, 1.165) is 12.1 Å². The van der Waals surface area contributed by atoms with Gasteiger partial charge < -0.3 is 9.47 Å². The SMILES string of the molecule is CCOc1ccc(-n2c(C(CC)N(CCCOC)S(=O)(=O)c3ccc(F)cc3)nc3ccccc3c2=O)cc1. The van der Waals surface area contributed by atoms with Gasteiger partial charge in [-0.15, -0.1) is 0 Å². The third kappa shape index (κ3) is 6.03. The predicted octanol–water partition coefficient (Wildman–Crippen LogP) is 5.10. The molecule has 0 amide bonds. The van der Waals surface area contributed by atoms with Gasteiger partial charge in [0.2, 0.25) is 10.0 Å². The zero-order valence-electron chi connectivity index (χ0n) is 22.2. The molecular weight excluding hydrogens is 521 g/mol. The van der Waals surface area contributed by atoms with Crippen LogP contribution in [0.1, 0.15) is 38.6 Å². The molecule has 0 fully saturated rings. The second-order valence-electron chi connectivity index (χ2n) is 8.89. The molecule has 39 heavy (non-hydrogen) atoms. The lowest BCUT2D eigenvalue weighted by atomic mass is 10.1. The molecule has 1 atom stereocenters. The van der Waals surface area contributed by atoms with Crippen molar-refractivity contribution >= 4 is 20.9 Å². The average Bonchev–Trinajstić information content (AvgIpc) is 2.94. The summed E-state index contributed by atoms with van der Waals surface area (Å²) in [6, 6.07) is 17.9. The summed E-state index contributed by atoms with van der Waals surface area (Å²) in [6.45, 7) is 4.67. The van der Waals surface area contributed by atoms with E-state index in [1.807, 2.05) is 13.8 Å². The van der Waals surface area contributed by atoms with E-state index in [1.54, 1.807) is 55.6 Å². The molecule has 0 N–H and O–H groups in total. The lowest BCUT2D eigenvalue weighted by molar-refractivity contribution is 0.179. The van der Waals surface area contributed by atoms with Gasteiger partial charge in [-0.1, -0.05) is 19.1 Å². The van der Waals surface area contributed by atoms with E-state index in [9.17, 15) is 17.6 Å². The van der Waals surface area contributed by atoms with Gasteiger partial charge >= 0.3 is 0 Å². The van der Waals surface area contributed by atoms with Crippen LogP contribution in [0.2, 0.25) is 0 Å². The van der Waals surface area contributed by atoms with Gasteiger partial charge in [-0.2, -0.15) is 4.31 Å². The normalized spacial score (nSPS) is 12.6. The zero-order chi connectivity index (χ0) is 28.0. The van der Waals surface area contributed by atoms with E-state index in [4.69, 9.17) is 14.5 Å². The minimum absolute atomic E-state index is 0.0458. The molecule has 8 nitrogen and oxygen atoms in total. The van der Waals surface area contributed by atoms with Crippen LogP contribution in [-0.4, -0.2) is 49.1 Å². The molecule has 3 aromatic carbocycles. The van der Waals surface area contributed by atoms with Crippen molar-refractivity contribution in [1.29, 1.82) is 0 Å². The Hall–Kier alpha value is -3.60. The predicted molar refractivity (Wildman–Crippen MR) is 148 cm³/mol. The summed E-state index contributed by atoms with van der Waals surface area (Å²) in [5.74, 6) is 0.401. The van der Waals surface area contributed by atoms with E-state index in [1.165, 1.54) is 21.0 Å². The summed E-state index contributed by atoms with van der Waals surface area (Å²) >= 11 is 0. The topological polar surface area (TPSA) is 90.7 Å². The second kappa shape index (κ2) is 12.5. The van der Waals surface area contributed by atoms with Gasteiger partial charge in [0.15, 0.2) is 0 Å². The number of halogens is 1. The van der Waals surface area contributed by atoms with Crippen molar-refractivity contribution < 1.29 is 22.3 Å². The van der Waals surface area contributed by atoms with Gasteiger partial charge in [-0.25, -0.2) is 17.8 Å². The number of benzene rings is 3. The summed E-state index contributed by atoms with van der Waals surface area (Å²) in [6.07, 6.45) is 0.740. The summed E-state index contributed by atoms with van der Waals surface area (Å²) < 4.78 is 55.1. The highest BCUT2D eigenvalue weighted by Gasteiger charge is 2.34. The average molecular weight is 554 g/mol. The van der Waals surface area contributed by atoms with Crippen molar-refractivity contribution in [2.75, 3.05) is 26.9 Å². The molecule has 0 aliphatic heterocycles. The summed E-state index contributed by atoms with van der Waals surface area (Å²) in [5.41, 5.74) is 0.689. The minimum Gasteiger partial charge on any atom is -0.494 e. The minimum atomic E-state index is -4.10. The van der Waals surface area contributed by atoms with Crippen molar-refractivity contribution in [3.8, 4) is 11.4 Å². The van der Waals surface area contributed by atoms with Crippen molar-refractivity contribution in [3.63, 3.8) is 0 Å². The maximum absolute atomic E-state index is 14.0. The van der Waals surface area contributed by atoms with Crippen molar-refractivity contribution in [2.45, 2.75) is 37.6 Å². The number of fused-ring (bicyclic) bond motifs is 1. The lowest BCUT2D eigenvalue weighted by Gasteiger charge is -2.31. The Bertz CT molecular complexity index is 1570. The molecular formula is C29H32FN3O5S. The van der Waals surface area contributed by atoms with Gasteiger partial charge in [0, 0.05) is 20.3 Å². The Labute approximate surface area is 227 Å². The first kappa shape index (κ1) is 28.4. The molecule has 0 aliphatic rings. The van der Waals surface area contributed by atoms with Crippen LogP contribution in [0, 0.1) is 5.82 Å². The fourth-order valence-corrected chi connectivity index (χ4v) is 6.24. The fourth-order valence-electron chi connectivity index (χ4n) is 4.55. The number of sulfonamides is 1. The largest absolute Gasteiger partial charge is 0.494 e.